The molecule has 3 rings (SSSR count). The Hall–Kier alpha value is -2.61. The van der Waals surface area contributed by atoms with Crippen LogP contribution in [0.3, 0.4) is 0 Å². The average Bonchev–Trinajstić information content (AvgIpc) is 2.94. The minimum absolute atomic E-state index is 0.00706. The largest absolute Gasteiger partial charge is 0.351 e. The molecule has 2 aromatic rings. The molecule has 0 N–H and O–H groups in total. The third kappa shape index (κ3) is 3.69. The number of carbonyl (C=O) groups excluding carboxylic acids is 2. The lowest BCUT2D eigenvalue weighted by molar-refractivity contribution is 0.0619. The predicted molar refractivity (Wildman–Crippen MR) is 97.9 cm³/mol. The van der Waals surface area contributed by atoms with Crippen molar-refractivity contribution in [2.45, 2.75) is 13.8 Å². The van der Waals surface area contributed by atoms with E-state index in [2.05, 4.69) is 0 Å². The van der Waals surface area contributed by atoms with E-state index in [1.54, 1.807) is 0 Å². The smallest absolute Gasteiger partial charge is 0.257 e. The Labute approximate surface area is 161 Å². The number of carbonyl (C=O) groups is 2. The van der Waals surface area contributed by atoms with E-state index in [-0.39, 0.29) is 25.4 Å². The van der Waals surface area contributed by atoms with Crippen molar-refractivity contribution in [1.29, 1.82) is 0 Å². The maximum atomic E-state index is 13.9. The molecule has 0 radical (unpaired) electrons. The second-order valence-electron chi connectivity index (χ2n) is 7.06. The zero-order valence-corrected chi connectivity index (χ0v) is 16.1. The number of benzene rings is 1. The van der Waals surface area contributed by atoms with Gasteiger partial charge in [0.25, 0.3) is 5.91 Å². The van der Waals surface area contributed by atoms with Gasteiger partial charge < -0.3 is 9.47 Å². The maximum absolute atomic E-state index is 13.9. The van der Waals surface area contributed by atoms with Gasteiger partial charge in [0.05, 0.1) is 12.1 Å². The fourth-order valence-corrected chi connectivity index (χ4v) is 3.40. The second kappa shape index (κ2) is 7.79. The number of aromatic nitrogens is 1. The van der Waals surface area contributed by atoms with E-state index in [0.29, 0.717) is 18.7 Å². The van der Waals surface area contributed by atoms with Crippen LogP contribution in [0.5, 0.6) is 0 Å². The highest BCUT2D eigenvalue weighted by molar-refractivity contribution is 5.99. The fourth-order valence-electron chi connectivity index (χ4n) is 3.40. The summed E-state index contributed by atoms with van der Waals surface area (Å²) in [5.74, 6) is -5.13. The van der Waals surface area contributed by atoms with Crippen molar-refractivity contribution in [2.24, 2.45) is 7.05 Å². The molecule has 0 saturated carbocycles. The van der Waals surface area contributed by atoms with E-state index in [1.165, 1.54) is 4.90 Å². The number of aryl methyl sites for hydroxylation is 1. The standard InChI is InChI=1S/C20H22F3N3O2/c1-12-10-15(13(2)24(12)3)17(27)11-25-6-8-26(9-7-25)20(28)14-4-5-16(21)19(23)18(14)22/h4-5,10H,6-9,11H2,1-3H3. The molecular weight excluding hydrogens is 371 g/mol. The van der Waals surface area contributed by atoms with Crippen molar-refractivity contribution in [3.63, 3.8) is 0 Å². The molecule has 1 saturated heterocycles. The van der Waals surface area contributed by atoms with Crippen molar-refractivity contribution in [2.75, 3.05) is 32.7 Å². The summed E-state index contributed by atoms with van der Waals surface area (Å²) in [6.45, 7) is 5.49. The summed E-state index contributed by atoms with van der Waals surface area (Å²) < 4.78 is 42.2. The van der Waals surface area contributed by atoms with Crippen LogP contribution in [-0.4, -0.2) is 58.8 Å². The molecule has 1 aromatic heterocycles. The SMILES string of the molecule is Cc1cc(C(=O)CN2CCN(C(=O)c3ccc(F)c(F)c3F)CC2)c(C)n1C. The van der Waals surface area contributed by atoms with E-state index < -0.39 is 28.9 Å². The summed E-state index contributed by atoms with van der Waals surface area (Å²) in [6.07, 6.45) is 0. The summed E-state index contributed by atoms with van der Waals surface area (Å²) in [5, 5.41) is 0. The number of piperazine rings is 1. The van der Waals surface area contributed by atoms with Crippen LogP contribution in [0.4, 0.5) is 13.2 Å². The normalized spacial score (nSPS) is 15.1. The molecular formula is C20H22F3N3O2. The van der Waals surface area contributed by atoms with Gasteiger partial charge in [0, 0.05) is 50.2 Å². The summed E-state index contributed by atoms with van der Waals surface area (Å²) in [7, 11) is 1.91. The molecule has 0 atom stereocenters. The third-order valence-electron chi connectivity index (χ3n) is 5.37. The zero-order chi connectivity index (χ0) is 20.6. The van der Waals surface area contributed by atoms with Gasteiger partial charge in [-0.25, -0.2) is 13.2 Å². The highest BCUT2D eigenvalue weighted by Gasteiger charge is 2.27. The Balaban J connectivity index is 1.61. The fraction of sp³-hybridized carbons (Fsp3) is 0.400. The first-order valence-corrected chi connectivity index (χ1v) is 9.02. The molecule has 0 bridgehead atoms. The molecule has 2 heterocycles. The lowest BCUT2D eigenvalue weighted by atomic mass is 10.1. The van der Waals surface area contributed by atoms with Crippen molar-refractivity contribution in [3.8, 4) is 0 Å². The highest BCUT2D eigenvalue weighted by atomic mass is 19.2. The Morgan fingerprint density at radius 2 is 1.61 bits per heavy atom. The van der Waals surface area contributed by atoms with Gasteiger partial charge in [-0.3, -0.25) is 14.5 Å². The van der Waals surface area contributed by atoms with Gasteiger partial charge in [-0.15, -0.1) is 0 Å². The first-order valence-electron chi connectivity index (χ1n) is 9.02. The van der Waals surface area contributed by atoms with Crippen LogP contribution in [0.15, 0.2) is 18.2 Å². The number of rotatable bonds is 4. The van der Waals surface area contributed by atoms with Crippen LogP contribution in [0.2, 0.25) is 0 Å². The first kappa shape index (κ1) is 20.1. The molecule has 1 amide bonds. The molecule has 1 aromatic carbocycles. The minimum Gasteiger partial charge on any atom is -0.351 e. The molecule has 8 heteroatoms. The Bertz CT molecular complexity index is 931. The van der Waals surface area contributed by atoms with E-state index in [9.17, 15) is 22.8 Å². The zero-order valence-electron chi connectivity index (χ0n) is 16.1. The van der Waals surface area contributed by atoms with Gasteiger partial charge in [0.1, 0.15) is 0 Å². The van der Waals surface area contributed by atoms with Gasteiger partial charge in [0.2, 0.25) is 0 Å². The van der Waals surface area contributed by atoms with Gasteiger partial charge in [-0.05, 0) is 32.0 Å². The number of halogens is 3. The molecule has 28 heavy (non-hydrogen) atoms. The number of amides is 1. The van der Waals surface area contributed by atoms with Crippen LogP contribution in [0.1, 0.15) is 32.1 Å². The van der Waals surface area contributed by atoms with Crippen LogP contribution in [0.25, 0.3) is 0 Å². The van der Waals surface area contributed by atoms with Crippen molar-refractivity contribution in [3.05, 3.63) is 58.2 Å². The van der Waals surface area contributed by atoms with Gasteiger partial charge >= 0.3 is 0 Å². The molecule has 0 spiro atoms. The molecule has 1 aliphatic heterocycles. The summed E-state index contributed by atoms with van der Waals surface area (Å²) >= 11 is 0. The number of ketones is 1. The Kier molecular flexibility index (Phi) is 5.60. The lowest BCUT2D eigenvalue weighted by Crippen LogP contribution is -2.50. The van der Waals surface area contributed by atoms with E-state index in [4.69, 9.17) is 0 Å². The van der Waals surface area contributed by atoms with Crippen molar-refractivity contribution < 1.29 is 22.8 Å². The molecule has 5 nitrogen and oxygen atoms in total. The number of nitrogens with zero attached hydrogens (tertiary/aromatic N) is 3. The Morgan fingerprint density at radius 3 is 2.18 bits per heavy atom. The number of hydrogen-bond donors (Lipinski definition) is 0. The van der Waals surface area contributed by atoms with Gasteiger partial charge in [0.15, 0.2) is 23.2 Å². The quantitative estimate of drug-likeness (QED) is 0.593. The number of hydrogen-bond acceptors (Lipinski definition) is 3. The minimum atomic E-state index is -1.65. The van der Waals surface area contributed by atoms with Crippen molar-refractivity contribution in [1.82, 2.24) is 14.4 Å². The summed E-state index contributed by atoms with van der Waals surface area (Å²) in [6, 6.07) is 3.56. The lowest BCUT2D eigenvalue weighted by Gasteiger charge is -2.34. The highest BCUT2D eigenvalue weighted by Crippen LogP contribution is 2.19. The van der Waals surface area contributed by atoms with E-state index in [0.717, 1.165) is 23.5 Å². The van der Waals surface area contributed by atoms with Gasteiger partial charge in [-0.2, -0.15) is 0 Å². The van der Waals surface area contributed by atoms with Crippen molar-refractivity contribution >= 4 is 11.7 Å². The van der Waals surface area contributed by atoms with Crippen LogP contribution >= 0.6 is 0 Å². The van der Waals surface area contributed by atoms with Crippen LogP contribution in [0, 0.1) is 31.3 Å². The summed E-state index contributed by atoms with van der Waals surface area (Å²) in [4.78, 5) is 28.3. The van der Waals surface area contributed by atoms with Gasteiger partial charge in [-0.1, -0.05) is 0 Å². The van der Waals surface area contributed by atoms with E-state index in [1.807, 2.05) is 36.4 Å². The molecule has 1 aliphatic rings. The molecule has 0 unspecified atom stereocenters. The Morgan fingerprint density at radius 1 is 0.964 bits per heavy atom. The first-order chi connectivity index (χ1) is 13.2. The maximum Gasteiger partial charge on any atom is 0.257 e. The third-order valence-corrected chi connectivity index (χ3v) is 5.37. The molecule has 150 valence electrons. The topological polar surface area (TPSA) is 45.6 Å². The number of Topliss-reactive ketones (excluding diaryl/α,β-unsaturated/α-hetero) is 1. The molecule has 1 fully saturated rings. The second-order valence-corrected chi connectivity index (χ2v) is 7.06. The van der Waals surface area contributed by atoms with Crippen LogP contribution in [-0.2, 0) is 7.05 Å². The van der Waals surface area contributed by atoms with E-state index >= 15 is 0 Å². The summed E-state index contributed by atoms with van der Waals surface area (Å²) in [5.41, 5.74) is 2.11. The molecule has 0 aliphatic carbocycles. The predicted octanol–water partition coefficient (Wildman–Crippen LogP) is 2.70. The average molecular weight is 393 g/mol. The van der Waals surface area contributed by atoms with Crippen LogP contribution < -0.4 is 0 Å². The monoisotopic (exact) mass is 393 g/mol.